The molecule has 1 amide bonds. The molecule has 1 unspecified atom stereocenters. The van der Waals surface area contributed by atoms with Gasteiger partial charge in [0.1, 0.15) is 0 Å². The van der Waals surface area contributed by atoms with E-state index >= 15 is 0 Å². The summed E-state index contributed by atoms with van der Waals surface area (Å²) in [5.41, 5.74) is 1.62. The average Bonchev–Trinajstić information content (AvgIpc) is 3.53. The summed E-state index contributed by atoms with van der Waals surface area (Å²) in [7, 11) is 0. The van der Waals surface area contributed by atoms with Crippen molar-refractivity contribution >= 4 is 39.3 Å². The SMILES string of the molecule is N=C1N=C(N2CCOCC2)NC(=O)/C1=C/Nc1ccc(Br)cc1C(O)C1CC1. The molecule has 1 atom stereocenters. The number of morpholine rings is 1. The molecule has 2 fully saturated rings. The Morgan fingerprint density at radius 2 is 2.14 bits per heavy atom. The minimum absolute atomic E-state index is 0.0980. The standard InChI is InChI=1S/C19H22BrN5O3/c20-12-3-4-15(13(9-12)16(26)11-1-2-11)22-10-14-17(21)23-19(24-18(14)27)25-5-7-28-8-6-25/h3-4,9-11,16,22,26H,1-2,5-8H2,(H2,21,23,24,27)/b14-10+. The zero-order chi connectivity index (χ0) is 19.7. The topological polar surface area (TPSA) is 110 Å². The van der Waals surface area contributed by atoms with E-state index in [1.807, 2.05) is 23.1 Å². The van der Waals surface area contributed by atoms with E-state index in [9.17, 15) is 9.90 Å². The summed E-state index contributed by atoms with van der Waals surface area (Å²) in [6.07, 6.45) is 2.95. The molecule has 28 heavy (non-hydrogen) atoms. The predicted molar refractivity (Wildman–Crippen MR) is 109 cm³/mol. The minimum atomic E-state index is -0.552. The van der Waals surface area contributed by atoms with Crippen molar-refractivity contribution in [2.24, 2.45) is 10.9 Å². The van der Waals surface area contributed by atoms with Crippen molar-refractivity contribution in [2.75, 3.05) is 31.6 Å². The molecule has 1 saturated carbocycles. The summed E-state index contributed by atoms with van der Waals surface area (Å²) in [6.45, 7) is 2.40. The van der Waals surface area contributed by atoms with Crippen LogP contribution in [0.25, 0.3) is 0 Å². The fraction of sp³-hybridized carbons (Fsp3) is 0.421. The van der Waals surface area contributed by atoms with E-state index in [0.29, 0.717) is 38.0 Å². The molecular formula is C19H22BrN5O3. The zero-order valence-corrected chi connectivity index (χ0v) is 16.8. The van der Waals surface area contributed by atoms with E-state index < -0.39 is 6.10 Å². The third-order valence-electron chi connectivity index (χ3n) is 5.03. The van der Waals surface area contributed by atoms with E-state index in [2.05, 4.69) is 31.6 Å². The number of amidine groups is 1. The van der Waals surface area contributed by atoms with Gasteiger partial charge in [0.05, 0.1) is 24.9 Å². The van der Waals surface area contributed by atoms with Crippen molar-refractivity contribution in [1.82, 2.24) is 10.2 Å². The largest absolute Gasteiger partial charge is 0.388 e. The van der Waals surface area contributed by atoms with Crippen LogP contribution in [0.1, 0.15) is 24.5 Å². The molecule has 9 heteroatoms. The number of anilines is 1. The fourth-order valence-electron chi connectivity index (χ4n) is 3.25. The molecule has 0 spiro atoms. The predicted octanol–water partition coefficient (Wildman–Crippen LogP) is 1.98. The van der Waals surface area contributed by atoms with E-state index in [-0.39, 0.29) is 23.2 Å². The molecule has 4 rings (SSSR count). The summed E-state index contributed by atoms with van der Waals surface area (Å²) >= 11 is 3.44. The first-order valence-electron chi connectivity index (χ1n) is 9.29. The number of carbonyl (C=O) groups excluding carboxylic acids is 1. The Balaban J connectivity index is 1.53. The average molecular weight is 448 g/mol. The minimum Gasteiger partial charge on any atom is -0.388 e. The zero-order valence-electron chi connectivity index (χ0n) is 15.2. The summed E-state index contributed by atoms with van der Waals surface area (Å²) < 4.78 is 6.18. The first-order chi connectivity index (χ1) is 13.5. The van der Waals surface area contributed by atoms with E-state index in [1.165, 1.54) is 6.20 Å². The van der Waals surface area contributed by atoms with Crippen molar-refractivity contribution in [3.05, 3.63) is 40.0 Å². The lowest BCUT2D eigenvalue weighted by Gasteiger charge is -2.31. The van der Waals surface area contributed by atoms with Gasteiger partial charge in [-0.25, -0.2) is 0 Å². The number of benzene rings is 1. The number of nitrogens with zero attached hydrogens (tertiary/aromatic N) is 2. The van der Waals surface area contributed by atoms with Crippen LogP contribution in [-0.2, 0) is 9.53 Å². The number of aliphatic imine (C=N–C) groups is 1. The maximum absolute atomic E-state index is 12.5. The van der Waals surface area contributed by atoms with Crippen LogP contribution < -0.4 is 10.6 Å². The molecule has 1 aliphatic carbocycles. The first-order valence-corrected chi connectivity index (χ1v) is 10.1. The number of nitrogens with one attached hydrogen (secondary N) is 3. The lowest BCUT2D eigenvalue weighted by molar-refractivity contribution is -0.116. The molecule has 0 radical (unpaired) electrons. The molecule has 0 aromatic heterocycles. The summed E-state index contributed by atoms with van der Waals surface area (Å²) in [6, 6.07) is 5.59. The molecule has 4 N–H and O–H groups in total. The van der Waals surface area contributed by atoms with Crippen molar-refractivity contribution < 1.29 is 14.6 Å². The number of amides is 1. The summed E-state index contributed by atoms with van der Waals surface area (Å²) in [5.74, 6) is 0.193. The van der Waals surface area contributed by atoms with E-state index in [1.54, 1.807) is 0 Å². The number of rotatable bonds is 4. The van der Waals surface area contributed by atoms with Crippen LogP contribution in [0.3, 0.4) is 0 Å². The highest BCUT2D eigenvalue weighted by molar-refractivity contribution is 9.10. The molecule has 8 nitrogen and oxygen atoms in total. The van der Waals surface area contributed by atoms with Gasteiger partial charge in [-0.15, -0.1) is 0 Å². The normalized spacial score (nSPS) is 22.7. The van der Waals surface area contributed by atoms with E-state index in [0.717, 1.165) is 22.9 Å². The first kappa shape index (κ1) is 19.1. The molecule has 1 aromatic carbocycles. The number of carbonyl (C=O) groups is 1. The van der Waals surface area contributed by atoms with Gasteiger partial charge in [-0.1, -0.05) is 15.9 Å². The lowest BCUT2D eigenvalue weighted by Crippen LogP contribution is -2.52. The van der Waals surface area contributed by atoms with Gasteiger partial charge in [0.2, 0.25) is 5.96 Å². The Morgan fingerprint density at radius 3 is 2.82 bits per heavy atom. The van der Waals surface area contributed by atoms with Crippen LogP contribution in [0, 0.1) is 11.3 Å². The van der Waals surface area contributed by atoms with Crippen LogP contribution in [-0.4, -0.2) is 54.0 Å². The van der Waals surface area contributed by atoms with Gasteiger partial charge in [0, 0.05) is 35.0 Å². The highest BCUT2D eigenvalue weighted by Crippen LogP contribution is 2.43. The lowest BCUT2D eigenvalue weighted by atomic mass is 10.0. The van der Waals surface area contributed by atoms with E-state index in [4.69, 9.17) is 10.1 Å². The van der Waals surface area contributed by atoms with Crippen LogP contribution >= 0.6 is 15.9 Å². The number of aliphatic hydroxyl groups excluding tert-OH is 1. The van der Waals surface area contributed by atoms with Crippen molar-refractivity contribution in [3.63, 3.8) is 0 Å². The third kappa shape index (κ3) is 4.11. The van der Waals surface area contributed by atoms with Crippen LogP contribution in [0.2, 0.25) is 0 Å². The number of ether oxygens (including phenoxy) is 1. The van der Waals surface area contributed by atoms with Gasteiger partial charge in [0.15, 0.2) is 5.84 Å². The molecule has 2 aliphatic heterocycles. The molecule has 3 aliphatic rings. The second kappa shape index (κ2) is 8.02. The Morgan fingerprint density at radius 1 is 1.39 bits per heavy atom. The maximum atomic E-state index is 12.5. The van der Waals surface area contributed by atoms with Crippen molar-refractivity contribution in [2.45, 2.75) is 18.9 Å². The Kier molecular flexibility index (Phi) is 5.47. The highest BCUT2D eigenvalue weighted by Gasteiger charge is 2.32. The van der Waals surface area contributed by atoms with Gasteiger partial charge < -0.3 is 20.1 Å². The van der Waals surface area contributed by atoms with Crippen molar-refractivity contribution in [3.8, 4) is 0 Å². The molecule has 1 aromatic rings. The van der Waals surface area contributed by atoms with Gasteiger partial charge in [-0.05, 0) is 37.0 Å². The number of halogens is 1. The van der Waals surface area contributed by atoms with Gasteiger partial charge in [-0.3, -0.25) is 15.5 Å². The fourth-order valence-corrected chi connectivity index (χ4v) is 3.63. The van der Waals surface area contributed by atoms with Crippen molar-refractivity contribution in [1.29, 1.82) is 5.41 Å². The Labute approximate surface area is 171 Å². The monoisotopic (exact) mass is 447 g/mol. The second-order valence-electron chi connectivity index (χ2n) is 7.05. The molecule has 1 saturated heterocycles. The summed E-state index contributed by atoms with van der Waals surface area (Å²) in [4.78, 5) is 18.6. The second-order valence-corrected chi connectivity index (χ2v) is 7.97. The maximum Gasteiger partial charge on any atom is 0.263 e. The molecule has 2 heterocycles. The van der Waals surface area contributed by atoms with Gasteiger partial charge >= 0.3 is 0 Å². The Hall–Kier alpha value is -2.23. The number of hydrogen-bond acceptors (Lipinski definition) is 6. The quantitative estimate of drug-likeness (QED) is 0.527. The molecular weight excluding hydrogens is 426 g/mol. The third-order valence-corrected chi connectivity index (χ3v) is 5.52. The van der Waals surface area contributed by atoms with Gasteiger partial charge in [0.25, 0.3) is 5.91 Å². The van der Waals surface area contributed by atoms with Gasteiger partial charge in [-0.2, -0.15) is 4.99 Å². The number of aliphatic hydroxyl groups is 1. The summed E-state index contributed by atoms with van der Waals surface area (Å²) in [5, 5.41) is 24.5. The van der Waals surface area contributed by atoms with Crippen LogP contribution in [0.5, 0.6) is 0 Å². The highest BCUT2D eigenvalue weighted by atomic mass is 79.9. The van der Waals surface area contributed by atoms with Crippen LogP contribution in [0.15, 0.2) is 39.4 Å². The Bertz CT molecular complexity index is 859. The number of hydrogen-bond donors (Lipinski definition) is 4. The van der Waals surface area contributed by atoms with Crippen LogP contribution in [0.4, 0.5) is 5.69 Å². The molecule has 148 valence electrons. The molecule has 0 bridgehead atoms. The number of guanidine groups is 1. The smallest absolute Gasteiger partial charge is 0.263 e.